The van der Waals surface area contributed by atoms with Crippen LogP contribution in [0.25, 0.3) is 5.69 Å². The molecule has 0 spiro atoms. The highest BCUT2D eigenvalue weighted by Crippen LogP contribution is 2.31. The van der Waals surface area contributed by atoms with Crippen molar-refractivity contribution in [3.05, 3.63) is 76.6 Å². The van der Waals surface area contributed by atoms with Crippen molar-refractivity contribution in [3.63, 3.8) is 0 Å². The first-order chi connectivity index (χ1) is 15.9. The molecule has 0 bridgehead atoms. The Kier molecular flexibility index (Phi) is 6.17. The zero-order chi connectivity index (χ0) is 23.5. The van der Waals surface area contributed by atoms with Gasteiger partial charge in [0.1, 0.15) is 13.2 Å². The molecule has 0 aliphatic carbocycles. The van der Waals surface area contributed by atoms with Gasteiger partial charge in [0.25, 0.3) is 0 Å². The Morgan fingerprint density at radius 3 is 2.24 bits per heavy atom. The van der Waals surface area contributed by atoms with Gasteiger partial charge in [-0.1, -0.05) is 0 Å². The number of nitrogens with zero attached hydrogens (tertiary/aromatic N) is 1. The minimum absolute atomic E-state index is 0.281. The lowest BCUT2D eigenvalue weighted by Crippen LogP contribution is -2.17. The van der Waals surface area contributed by atoms with Gasteiger partial charge in [-0.3, -0.25) is 4.79 Å². The maximum Gasteiger partial charge on any atom is 0.338 e. The second-order valence-electron chi connectivity index (χ2n) is 7.52. The summed E-state index contributed by atoms with van der Waals surface area (Å²) in [4.78, 5) is 36.9. The van der Waals surface area contributed by atoms with E-state index in [1.54, 1.807) is 48.5 Å². The van der Waals surface area contributed by atoms with E-state index in [9.17, 15) is 14.4 Å². The third kappa shape index (κ3) is 4.45. The second kappa shape index (κ2) is 9.20. The molecule has 8 nitrogen and oxygen atoms in total. The zero-order valence-electron chi connectivity index (χ0n) is 18.5. The predicted octanol–water partition coefficient (Wildman–Crippen LogP) is 3.69. The molecule has 8 heteroatoms. The quantitative estimate of drug-likeness (QED) is 0.419. The molecule has 2 aromatic carbocycles. The summed E-state index contributed by atoms with van der Waals surface area (Å²) in [5, 5.41) is 0. The van der Waals surface area contributed by atoms with Gasteiger partial charge in [-0.15, -0.1) is 0 Å². The van der Waals surface area contributed by atoms with Gasteiger partial charge in [-0.2, -0.15) is 0 Å². The van der Waals surface area contributed by atoms with E-state index in [1.165, 1.54) is 7.11 Å². The Balaban J connectivity index is 1.47. The maximum atomic E-state index is 12.8. The van der Waals surface area contributed by atoms with E-state index in [2.05, 4.69) is 0 Å². The van der Waals surface area contributed by atoms with Crippen LogP contribution < -0.4 is 9.47 Å². The molecule has 33 heavy (non-hydrogen) atoms. The third-order valence-corrected chi connectivity index (χ3v) is 5.39. The third-order valence-electron chi connectivity index (χ3n) is 5.39. The molecule has 2 heterocycles. The first-order valence-electron chi connectivity index (χ1n) is 10.4. The van der Waals surface area contributed by atoms with Crippen LogP contribution in [-0.4, -0.2) is 49.2 Å². The van der Waals surface area contributed by atoms with Gasteiger partial charge >= 0.3 is 11.9 Å². The largest absolute Gasteiger partial charge is 0.486 e. The first-order valence-corrected chi connectivity index (χ1v) is 10.4. The second-order valence-corrected chi connectivity index (χ2v) is 7.52. The summed E-state index contributed by atoms with van der Waals surface area (Å²) in [6.45, 7) is 4.17. The number of aromatic nitrogens is 1. The normalized spacial score (nSPS) is 12.2. The zero-order valence-corrected chi connectivity index (χ0v) is 18.5. The molecule has 1 aromatic heterocycles. The molecule has 0 radical (unpaired) electrons. The lowest BCUT2D eigenvalue weighted by molar-refractivity contribution is 0.0473. The molecule has 0 N–H and O–H groups in total. The fourth-order valence-corrected chi connectivity index (χ4v) is 3.77. The van der Waals surface area contributed by atoms with Crippen LogP contribution in [-0.2, 0) is 9.47 Å². The number of carbonyl (C=O) groups excluding carboxylic acids is 3. The van der Waals surface area contributed by atoms with E-state index >= 15 is 0 Å². The molecule has 0 saturated carbocycles. The van der Waals surface area contributed by atoms with Crippen molar-refractivity contribution in [2.45, 2.75) is 13.8 Å². The molecular formula is C25H23NO7. The van der Waals surface area contributed by atoms with Crippen molar-refractivity contribution in [1.29, 1.82) is 0 Å². The van der Waals surface area contributed by atoms with Crippen LogP contribution in [0, 0.1) is 13.8 Å². The number of esters is 2. The molecule has 3 aromatic rings. The van der Waals surface area contributed by atoms with Gasteiger partial charge in [0, 0.05) is 22.6 Å². The van der Waals surface area contributed by atoms with Crippen LogP contribution in [0.3, 0.4) is 0 Å². The minimum Gasteiger partial charge on any atom is -0.486 e. The summed E-state index contributed by atoms with van der Waals surface area (Å²) in [7, 11) is 1.33. The molecular weight excluding hydrogens is 426 g/mol. The van der Waals surface area contributed by atoms with Gasteiger partial charge in [-0.25, -0.2) is 9.59 Å². The minimum atomic E-state index is -0.618. The predicted molar refractivity (Wildman–Crippen MR) is 119 cm³/mol. The number of ether oxygens (including phenoxy) is 4. The van der Waals surface area contributed by atoms with E-state index in [1.807, 2.05) is 18.4 Å². The standard InChI is InChI=1S/C25H23NO7/c1-15-12-20(16(2)26(15)19-7-4-17(5-8-19)24(28)30-3)21(27)14-33-25(29)18-6-9-22-23(13-18)32-11-10-31-22/h4-9,12-13H,10-11,14H2,1-3H3. The topological polar surface area (TPSA) is 93.1 Å². The van der Waals surface area contributed by atoms with Gasteiger partial charge in [0.05, 0.1) is 18.2 Å². The molecule has 0 saturated heterocycles. The van der Waals surface area contributed by atoms with Crippen LogP contribution in [0.5, 0.6) is 11.5 Å². The summed E-state index contributed by atoms with van der Waals surface area (Å²) in [5.41, 5.74) is 3.51. The number of hydrogen-bond acceptors (Lipinski definition) is 7. The highest BCUT2D eigenvalue weighted by molar-refractivity contribution is 6.00. The van der Waals surface area contributed by atoms with E-state index in [4.69, 9.17) is 18.9 Å². The summed E-state index contributed by atoms with van der Waals surface area (Å²) < 4.78 is 22.8. The van der Waals surface area contributed by atoms with Crippen LogP contribution >= 0.6 is 0 Å². The fourth-order valence-electron chi connectivity index (χ4n) is 3.77. The van der Waals surface area contributed by atoms with Crippen molar-refractivity contribution >= 4 is 17.7 Å². The Morgan fingerprint density at radius 2 is 1.55 bits per heavy atom. The molecule has 1 aliphatic rings. The fraction of sp³-hybridized carbons (Fsp3) is 0.240. The van der Waals surface area contributed by atoms with Crippen molar-refractivity contribution in [3.8, 4) is 17.2 Å². The molecule has 0 atom stereocenters. The van der Waals surface area contributed by atoms with E-state index in [0.29, 0.717) is 41.5 Å². The van der Waals surface area contributed by atoms with Crippen molar-refractivity contribution in [2.75, 3.05) is 26.9 Å². The van der Waals surface area contributed by atoms with Crippen molar-refractivity contribution in [2.24, 2.45) is 0 Å². The first kappa shape index (κ1) is 22.1. The van der Waals surface area contributed by atoms with Crippen LogP contribution in [0.4, 0.5) is 0 Å². The number of Topliss-reactive ketones (excluding diaryl/α,β-unsaturated/α-hetero) is 1. The smallest absolute Gasteiger partial charge is 0.338 e. The number of ketones is 1. The average molecular weight is 449 g/mol. The number of benzene rings is 2. The van der Waals surface area contributed by atoms with Gasteiger partial charge in [-0.05, 0) is 62.4 Å². The molecule has 4 rings (SSSR count). The number of rotatable bonds is 6. The number of methoxy groups -OCH3 is 1. The van der Waals surface area contributed by atoms with Crippen LogP contribution in [0.1, 0.15) is 42.5 Å². The lowest BCUT2D eigenvalue weighted by Gasteiger charge is -2.18. The van der Waals surface area contributed by atoms with Gasteiger partial charge in [0.2, 0.25) is 5.78 Å². The Labute approximate surface area is 190 Å². The highest BCUT2D eigenvalue weighted by Gasteiger charge is 2.20. The monoisotopic (exact) mass is 449 g/mol. The summed E-state index contributed by atoms with van der Waals surface area (Å²) in [6.07, 6.45) is 0. The van der Waals surface area contributed by atoms with Gasteiger partial charge < -0.3 is 23.5 Å². The molecule has 1 aliphatic heterocycles. The Hall–Kier alpha value is -4.07. The maximum absolute atomic E-state index is 12.8. The Morgan fingerprint density at radius 1 is 0.879 bits per heavy atom. The number of aryl methyl sites for hydroxylation is 1. The summed E-state index contributed by atoms with van der Waals surface area (Å²) >= 11 is 0. The summed E-state index contributed by atoms with van der Waals surface area (Å²) in [5.74, 6) is -0.304. The highest BCUT2D eigenvalue weighted by atomic mass is 16.6. The van der Waals surface area contributed by atoms with Crippen molar-refractivity contribution < 1.29 is 33.3 Å². The van der Waals surface area contributed by atoms with Gasteiger partial charge in [0.15, 0.2) is 18.1 Å². The average Bonchev–Trinajstić information content (AvgIpc) is 3.15. The molecule has 0 amide bonds. The van der Waals surface area contributed by atoms with E-state index < -0.39 is 18.5 Å². The number of carbonyl (C=O) groups is 3. The van der Waals surface area contributed by atoms with E-state index in [0.717, 1.165) is 11.4 Å². The molecule has 0 unspecified atom stereocenters. The van der Waals surface area contributed by atoms with Crippen LogP contribution in [0.2, 0.25) is 0 Å². The number of hydrogen-bond donors (Lipinski definition) is 0. The number of fused-ring (bicyclic) bond motifs is 1. The Bertz CT molecular complexity index is 1220. The molecule has 170 valence electrons. The summed E-state index contributed by atoms with van der Waals surface area (Å²) in [6, 6.07) is 13.4. The van der Waals surface area contributed by atoms with Crippen molar-refractivity contribution in [1.82, 2.24) is 4.57 Å². The SMILES string of the molecule is COC(=O)c1ccc(-n2c(C)cc(C(=O)COC(=O)c3ccc4c(c3)OCCO4)c2C)cc1. The van der Waals surface area contributed by atoms with Crippen LogP contribution in [0.15, 0.2) is 48.5 Å². The molecule has 0 fully saturated rings. The van der Waals surface area contributed by atoms with E-state index in [-0.39, 0.29) is 11.3 Å². The lowest BCUT2D eigenvalue weighted by atomic mass is 10.1.